The van der Waals surface area contributed by atoms with Crippen LogP contribution in [0.3, 0.4) is 0 Å². The summed E-state index contributed by atoms with van der Waals surface area (Å²) in [6.45, 7) is 0. The van der Waals surface area contributed by atoms with Gasteiger partial charge in [0, 0.05) is 0 Å². The predicted molar refractivity (Wildman–Crippen MR) is 79.6 cm³/mol. The van der Waals surface area contributed by atoms with Crippen molar-refractivity contribution < 1.29 is 0 Å². The Morgan fingerprint density at radius 2 is 1.75 bits per heavy atom. The van der Waals surface area contributed by atoms with Gasteiger partial charge in [0.25, 0.3) is 0 Å². The van der Waals surface area contributed by atoms with Crippen LogP contribution in [-0.2, 0) is 0 Å². The van der Waals surface area contributed by atoms with Crippen LogP contribution < -0.4 is 0 Å². The topological polar surface area (TPSA) is 36.7 Å². The Kier molecular flexibility index (Phi) is 3.81. The molecule has 1 aliphatic carbocycles. The summed E-state index contributed by atoms with van der Waals surface area (Å²) in [5, 5.41) is 9.36. The highest BCUT2D eigenvalue weighted by Crippen LogP contribution is 2.29. The molecule has 93 valence electrons. The zero-order valence-corrected chi connectivity index (χ0v) is 11.3. The minimum atomic E-state index is 0.553. The van der Waals surface area contributed by atoms with E-state index < -0.39 is 0 Å². The lowest BCUT2D eigenvalue weighted by atomic mass is 10.1. The Morgan fingerprint density at radius 1 is 1.00 bits per heavy atom. The van der Waals surface area contributed by atoms with Crippen molar-refractivity contribution in [3.8, 4) is 28.4 Å². The molecule has 0 spiro atoms. The first-order chi connectivity index (χ1) is 9.88. The van der Waals surface area contributed by atoms with Crippen LogP contribution in [0, 0.1) is 54.8 Å². The maximum Gasteiger partial charge on any atom is 0.145 e. The number of hydrogen-bond acceptors (Lipinski definition) is 3. The number of hydrogen-bond donors (Lipinski definition) is 0. The Hall–Kier alpha value is -2.10. The largest absolute Gasteiger partial charge is 0.192 e. The molecular weight excluding hydrogens is 264 g/mol. The van der Waals surface area contributed by atoms with Crippen molar-refractivity contribution in [2.75, 3.05) is 0 Å². The average Bonchev–Trinajstić information content (AvgIpc) is 3.15. The molecule has 1 fully saturated rings. The summed E-state index contributed by atoms with van der Waals surface area (Å²) < 4.78 is 4.31. The molecular formula is C17H9N2S. The second kappa shape index (κ2) is 5.90. The molecule has 1 saturated carbocycles. The van der Waals surface area contributed by atoms with Gasteiger partial charge in [-0.25, -0.2) is 0 Å². The molecule has 1 heterocycles. The molecule has 0 atom stereocenters. The Labute approximate surface area is 123 Å². The number of benzene rings is 1. The van der Waals surface area contributed by atoms with Crippen molar-refractivity contribution in [2.45, 2.75) is 0 Å². The van der Waals surface area contributed by atoms with Crippen LogP contribution in [-0.4, -0.2) is 4.37 Å². The Balaban J connectivity index is 1.94. The van der Waals surface area contributed by atoms with E-state index >= 15 is 0 Å². The van der Waals surface area contributed by atoms with Crippen molar-refractivity contribution in [1.29, 1.82) is 5.26 Å². The molecule has 1 aromatic heterocycles. The predicted octanol–water partition coefficient (Wildman–Crippen LogP) is 3.44. The summed E-state index contributed by atoms with van der Waals surface area (Å²) in [6, 6.07) is 12.0. The van der Waals surface area contributed by atoms with Gasteiger partial charge in [-0.1, -0.05) is 36.3 Å². The molecule has 0 aliphatic heterocycles. The van der Waals surface area contributed by atoms with E-state index in [1.54, 1.807) is 0 Å². The van der Waals surface area contributed by atoms with Gasteiger partial charge in [-0.3, -0.25) is 0 Å². The van der Waals surface area contributed by atoms with Gasteiger partial charge in [-0.05, 0) is 48.7 Å². The lowest BCUT2D eigenvalue weighted by Gasteiger charge is -1.96. The van der Waals surface area contributed by atoms with Gasteiger partial charge in [0.05, 0.1) is 10.8 Å². The summed E-state index contributed by atoms with van der Waals surface area (Å²) in [7, 11) is 0. The highest BCUT2D eigenvalue weighted by Gasteiger charge is 2.16. The van der Waals surface area contributed by atoms with Gasteiger partial charge in [-0.15, -0.1) is 0 Å². The van der Waals surface area contributed by atoms with Gasteiger partial charge in [0.2, 0.25) is 0 Å². The summed E-state index contributed by atoms with van der Waals surface area (Å²) in [5.74, 6) is 6.94. The minimum Gasteiger partial charge on any atom is -0.192 e. The van der Waals surface area contributed by atoms with Crippen LogP contribution in [0.2, 0.25) is 0 Å². The quantitative estimate of drug-likeness (QED) is 0.746. The molecule has 1 aliphatic rings. The highest BCUT2D eigenvalue weighted by atomic mass is 32.1. The van der Waals surface area contributed by atoms with E-state index in [1.807, 2.05) is 56.0 Å². The molecule has 2 nitrogen and oxygen atoms in total. The van der Waals surface area contributed by atoms with Crippen LogP contribution in [0.5, 0.6) is 0 Å². The van der Waals surface area contributed by atoms with Crippen LogP contribution in [0.25, 0.3) is 10.4 Å². The second-order valence-electron chi connectivity index (χ2n) is 4.14. The lowest BCUT2D eigenvalue weighted by molar-refractivity contribution is 1.40. The normalized spacial score (nSPS) is 14.6. The fourth-order valence-electron chi connectivity index (χ4n) is 1.85. The Morgan fingerprint density at radius 3 is 2.45 bits per heavy atom. The first-order valence-electron chi connectivity index (χ1n) is 6.07. The van der Waals surface area contributed by atoms with E-state index in [-0.39, 0.29) is 0 Å². The van der Waals surface area contributed by atoms with Crippen molar-refractivity contribution in [3.63, 3.8) is 0 Å². The van der Waals surface area contributed by atoms with Gasteiger partial charge in [-0.2, -0.15) is 9.64 Å². The number of nitrogens with zero attached hydrogens (tertiary/aromatic N) is 2. The molecule has 0 amide bonds. The van der Waals surface area contributed by atoms with E-state index in [4.69, 9.17) is 0 Å². The summed E-state index contributed by atoms with van der Waals surface area (Å²) >= 11 is 1.32. The van der Waals surface area contributed by atoms with E-state index in [9.17, 15) is 5.26 Å². The minimum absolute atomic E-state index is 0.553. The number of nitriles is 1. The van der Waals surface area contributed by atoms with Crippen molar-refractivity contribution in [2.24, 2.45) is 0 Å². The fraction of sp³-hybridized carbons (Fsp3) is 0. The van der Waals surface area contributed by atoms with Gasteiger partial charge in [0.15, 0.2) is 0 Å². The first kappa shape index (κ1) is 12.9. The third-order valence-electron chi connectivity index (χ3n) is 2.83. The highest BCUT2D eigenvalue weighted by molar-refractivity contribution is 7.10. The van der Waals surface area contributed by atoms with Crippen LogP contribution in [0.1, 0.15) is 11.3 Å². The maximum atomic E-state index is 9.36. The molecule has 5 radical (unpaired) electrons. The van der Waals surface area contributed by atoms with Crippen molar-refractivity contribution >= 4 is 11.5 Å². The molecule has 3 rings (SSSR count). The van der Waals surface area contributed by atoms with Gasteiger partial charge < -0.3 is 0 Å². The standard InChI is InChI=1S/C17H9N2S/c18-12-15-16(11-10-13-6-4-5-7-13)19-20-17(15)14-8-2-1-3-9-14/h1-9H. The van der Waals surface area contributed by atoms with Gasteiger partial charge >= 0.3 is 0 Å². The third-order valence-corrected chi connectivity index (χ3v) is 3.72. The van der Waals surface area contributed by atoms with Crippen LogP contribution in [0.15, 0.2) is 30.3 Å². The molecule has 20 heavy (non-hydrogen) atoms. The summed E-state index contributed by atoms with van der Waals surface area (Å²) in [4.78, 5) is 0.875. The van der Waals surface area contributed by atoms with Crippen molar-refractivity contribution in [1.82, 2.24) is 4.37 Å². The van der Waals surface area contributed by atoms with Crippen molar-refractivity contribution in [3.05, 3.63) is 73.2 Å². The summed E-state index contributed by atoms with van der Waals surface area (Å²) in [5.41, 5.74) is 2.11. The first-order valence-corrected chi connectivity index (χ1v) is 6.85. The molecule has 0 unspecified atom stereocenters. The summed E-state index contributed by atoms with van der Waals surface area (Å²) in [6.07, 6.45) is 7.74. The molecule has 0 saturated heterocycles. The monoisotopic (exact) mass is 273 g/mol. The van der Waals surface area contributed by atoms with E-state index in [1.165, 1.54) is 11.5 Å². The van der Waals surface area contributed by atoms with Crippen LogP contribution >= 0.6 is 11.5 Å². The Bertz CT molecular complexity index is 692. The van der Waals surface area contributed by atoms with E-state index in [0.29, 0.717) is 11.3 Å². The van der Waals surface area contributed by atoms with Gasteiger partial charge in [0.1, 0.15) is 17.3 Å². The molecule has 0 bridgehead atoms. The third kappa shape index (κ3) is 2.59. The van der Waals surface area contributed by atoms with Crippen LogP contribution in [0.4, 0.5) is 0 Å². The van der Waals surface area contributed by atoms with E-state index in [2.05, 4.69) is 22.3 Å². The number of rotatable bonds is 1. The maximum absolute atomic E-state index is 9.36. The van der Waals surface area contributed by atoms with E-state index in [0.717, 1.165) is 16.4 Å². The number of aromatic nitrogens is 1. The molecule has 0 N–H and O–H groups in total. The second-order valence-corrected chi connectivity index (χ2v) is 4.91. The fourth-order valence-corrected chi connectivity index (χ4v) is 2.65. The molecule has 2 aromatic rings. The smallest absolute Gasteiger partial charge is 0.145 e. The SMILES string of the molecule is N#Cc1c(C#C[C]2[CH][CH][CH][CH]2)nsc1-c1ccccc1. The molecule has 3 heteroatoms. The average molecular weight is 273 g/mol. The zero-order valence-electron chi connectivity index (χ0n) is 10.5. The molecule has 1 aromatic carbocycles. The lowest BCUT2D eigenvalue weighted by Crippen LogP contribution is -1.87. The zero-order chi connectivity index (χ0) is 13.8.